The number of likely N-dealkylation sites (N-methyl/N-ethyl adjacent to an activating group) is 1. The van der Waals surface area contributed by atoms with Gasteiger partial charge in [-0.25, -0.2) is 9.59 Å². The average molecular weight is 618 g/mol. The molecule has 0 bridgehead atoms. The molecule has 2 aliphatic rings. The fourth-order valence-corrected chi connectivity index (χ4v) is 5.77. The Morgan fingerprint density at radius 2 is 1.77 bits per heavy atom. The minimum absolute atomic E-state index is 0.00722. The van der Waals surface area contributed by atoms with Gasteiger partial charge in [0.15, 0.2) is 0 Å². The molecule has 4 atom stereocenters. The number of hydrogen-bond acceptors (Lipinski definition) is 6. The van der Waals surface area contributed by atoms with Crippen LogP contribution in [-0.2, 0) is 4.74 Å². The fraction of sp³-hybridized carbons (Fsp3) is 0.727. The minimum atomic E-state index is -0.489. The monoisotopic (exact) mass is 617 g/mol. The number of aliphatic hydroxyl groups excluding tert-OH is 1. The number of aliphatic hydroxyl groups is 1. The number of carbonyl (C=O) groups excluding carboxylic acids is 3. The predicted molar refractivity (Wildman–Crippen MR) is 172 cm³/mol. The second kappa shape index (κ2) is 17.4. The third-order valence-corrected chi connectivity index (χ3v) is 8.46. The molecule has 11 heteroatoms. The van der Waals surface area contributed by atoms with E-state index >= 15 is 0 Å². The van der Waals surface area contributed by atoms with Gasteiger partial charge in [0.2, 0.25) is 0 Å². The number of urea groups is 2. The normalized spacial score (nSPS) is 23.1. The quantitative estimate of drug-likeness (QED) is 0.341. The van der Waals surface area contributed by atoms with Crippen LogP contribution in [0.25, 0.3) is 0 Å². The SMILES string of the molecule is CC(C)NC(=O)N(C)C[C@@H]1OCCCC[C@H](C)Oc2ccc(NC(=O)NC3CCCCC3)cc2C(=O)N([C@@H](C)CO)C[C@@H]1C. The van der Waals surface area contributed by atoms with Gasteiger partial charge in [-0.3, -0.25) is 4.79 Å². The fourth-order valence-electron chi connectivity index (χ4n) is 5.77. The first kappa shape index (κ1) is 35.4. The van der Waals surface area contributed by atoms with Gasteiger partial charge >= 0.3 is 12.1 Å². The molecule has 1 aromatic carbocycles. The van der Waals surface area contributed by atoms with E-state index in [1.54, 1.807) is 42.0 Å². The second-order valence-corrected chi connectivity index (χ2v) is 12.9. The number of amides is 5. The van der Waals surface area contributed by atoms with E-state index in [9.17, 15) is 19.5 Å². The smallest absolute Gasteiger partial charge is 0.319 e. The molecule has 248 valence electrons. The molecule has 0 spiro atoms. The average Bonchev–Trinajstić information content (AvgIpc) is 2.98. The van der Waals surface area contributed by atoms with Crippen LogP contribution in [-0.4, -0.2) is 96.6 Å². The third-order valence-electron chi connectivity index (χ3n) is 8.46. The van der Waals surface area contributed by atoms with Crippen LogP contribution in [0, 0.1) is 5.92 Å². The van der Waals surface area contributed by atoms with Gasteiger partial charge in [0, 0.05) is 50.4 Å². The molecule has 1 aliphatic carbocycles. The molecule has 4 N–H and O–H groups in total. The van der Waals surface area contributed by atoms with Crippen LogP contribution in [0.5, 0.6) is 5.75 Å². The van der Waals surface area contributed by atoms with Gasteiger partial charge in [0.1, 0.15) is 5.75 Å². The number of nitrogens with one attached hydrogen (secondary N) is 3. The molecule has 1 heterocycles. The van der Waals surface area contributed by atoms with Crippen molar-refractivity contribution in [3.8, 4) is 5.75 Å². The lowest BCUT2D eigenvalue weighted by molar-refractivity contribution is -0.0122. The Morgan fingerprint density at radius 1 is 1.07 bits per heavy atom. The van der Waals surface area contributed by atoms with Crippen molar-refractivity contribution >= 4 is 23.7 Å². The molecule has 0 saturated heterocycles. The van der Waals surface area contributed by atoms with Gasteiger partial charge in [-0.05, 0) is 78.0 Å². The molecule has 0 aromatic heterocycles. The van der Waals surface area contributed by atoms with Gasteiger partial charge in [-0.1, -0.05) is 26.2 Å². The molecule has 44 heavy (non-hydrogen) atoms. The van der Waals surface area contributed by atoms with Crippen molar-refractivity contribution in [2.24, 2.45) is 5.92 Å². The Bertz CT molecular complexity index is 1080. The van der Waals surface area contributed by atoms with E-state index in [0.717, 1.165) is 44.9 Å². The molecule has 1 fully saturated rings. The number of hydrogen-bond donors (Lipinski definition) is 4. The lowest BCUT2D eigenvalue weighted by Crippen LogP contribution is -2.49. The summed E-state index contributed by atoms with van der Waals surface area (Å²) in [6, 6.07) is 4.36. The van der Waals surface area contributed by atoms with Crippen molar-refractivity contribution in [1.82, 2.24) is 20.4 Å². The van der Waals surface area contributed by atoms with Crippen LogP contribution in [0.4, 0.5) is 15.3 Å². The molecular formula is C33H55N5O6. The van der Waals surface area contributed by atoms with Crippen LogP contribution in [0.3, 0.4) is 0 Å². The zero-order valence-corrected chi connectivity index (χ0v) is 27.6. The van der Waals surface area contributed by atoms with Crippen molar-refractivity contribution in [1.29, 1.82) is 0 Å². The molecule has 0 radical (unpaired) electrons. The zero-order chi connectivity index (χ0) is 32.2. The van der Waals surface area contributed by atoms with Gasteiger partial charge in [0.05, 0.1) is 30.4 Å². The third kappa shape index (κ3) is 10.8. The highest BCUT2D eigenvalue weighted by Gasteiger charge is 2.31. The standard InChI is InChI=1S/C33H55N5O6/c1-22(2)34-33(42)37(6)20-30-23(3)19-38(24(4)21-39)31(40)28-18-27(36-32(41)35-26-13-8-7-9-14-26)15-16-29(28)44-25(5)12-10-11-17-43-30/h15-16,18,22-26,30,39H,7-14,17,19-21H2,1-6H3,(H,34,42)(H2,35,36,41)/t23-,24-,25-,30-/m0/s1. The number of nitrogens with zero attached hydrogens (tertiary/aromatic N) is 2. The van der Waals surface area contributed by atoms with E-state index in [0.29, 0.717) is 36.7 Å². The topological polar surface area (TPSA) is 132 Å². The second-order valence-electron chi connectivity index (χ2n) is 12.9. The molecule has 1 aromatic rings. The van der Waals surface area contributed by atoms with Gasteiger partial charge in [-0.2, -0.15) is 0 Å². The lowest BCUT2D eigenvalue weighted by atomic mass is 9.96. The van der Waals surface area contributed by atoms with E-state index in [-0.39, 0.29) is 54.8 Å². The van der Waals surface area contributed by atoms with Crippen LogP contribution in [0.1, 0.15) is 96.3 Å². The first-order valence-corrected chi connectivity index (χ1v) is 16.4. The summed E-state index contributed by atoms with van der Waals surface area (Å²) in [7, 11) is 1.74. The molecule has 11 nitrogen and oxygen atoms in total. The van der Waals surface area contributed by atoms with Crippen molar-refractivity contribution in [3.05, 3.63) is 23.8 Å². The number of rotatable bonds is 7. The summed E-state index contributed by atoms with van der Waals surface area (Å²) in [6.07, 6.45) is 7.36. The summed E-state index contributed by atoms with van der Waals surface area (Å²) in [6.45, 7) is 10.6. The molecule has 3 rings (SSSR count). The summed E-state index contributed by atoms with van der Waals surface area (Å²) in [5, 5.41) is 19.0. The van der Waals surface area contributed by atoms with Crippen LogP contribution in [0.15, 0.2) is 18.2 Å². The van der Waals surface area contributed by atoms with E-state index in [1.165, 1.54) is 6.42 Å². The maximum absolute atomic E-state index is 14.3. The summed E-state index contributed by atoms with van der Waals surface area (Å²) < 4.78 is 12.6. The number of anilines is 1. The van der Waals surface area contributed by atoms with Gasteiger partial charge in [0.25, 0.3) is 5.91 Å². The Kier molecular flexibility index (Phi) is 14.0. The molecule has 0 unspecified atom stereocenters. The zero-order valence-electron chi connectivity index (χ0n) is 27.6. The number of carbonyl (C=O) groups is 3. The van der Waals surface area contributed by atoms with E-state index < -0.39 is 6.04 Å². The predicted octanol–water partition coefficient (Wildman–Crippen LogP) is 4.99. The Morgan fingerprint density at radius 3 is 2.45 bits per heavy atom. The van der Waals surface area contributed by atoms with Gasteiger partial charge < -0.3 is 40.3 Å². The molecular weight excluding hydrogens is 562 g/mol. The van der Waals surface area contributed by atoms with E-state index in [4.69, 9.17) is 9.47 Å². The number of ether oxygens (including phenoxy) is 2. The molecule has 1 aliphatic heterocycles. The lowest BCUT2D eigenvalue weighted by Gasteiger charge is -2.36. The van der Waals surface area contributed by atoms with Crippen LogP contribution < -0.4 is 20.7 Å². The first-order valence-electron chi connectivity index (χ1n) is 16.4. The summed E-state index contributed by atoms with van der Waals surface area (Å²) in [5.74, 6) is -0.0202. The Balaban J connectivity index is 1.88. The maximum Gasteiger partial charge on any atom is 0.319 e. The highest BCUT2D eigenvalue weighted by atomic mass is 16.5. The van der Waals surface area contributed by atoms with E-state index in [2.05, 4.69) is 16.0 Å². The largest absolute Gasteiger partial charge is 0.490 e. The van der Waals surface area contributed by atoms with E-state index in [1.807, 2.05) is 27.7 Å². The van der Waals surface area contributed by atoms with Crippen molar-refractivity contribution < 1.29 is 29.0 Å². The maximum atomic E-state index is 14.3. The number of benzene rings is 1. The van der Waals surface area contributed by atoms with Crippen LogP contribution >= 0.6 is 0 Å². The highest BCUT2D eigenvalue weighted by Crippen LogP contribution is 2.29. The molecule has 5 amide bonds. The molecule has 1 saturated carbocycles. The van der Waals surface area contributed by atoms with Crippen molar-refractivity contribution in [3.63, 3.8) is 0 Å². The minimum Gasteiger partial charge on any atom is -0.490 e. The Labute approximate surface area is 263 Å². The highest BCUT2D eigenvalue weighted by molar-refractivity contribution is 5.99. The van der Waals surface area contributed by atoms with Crippen molar-refractivity contribution in [2.75, 3.05) is 38.7 Å². The van der Waals surface area contributed by atoms with Crippen molar-refractivity contribution in [2.45, 2.75) is 116 Å². The Hall–Kier alpha value is -3.05. The van der Waals surface area contributed by atoms with Crippen LogP contribution in [0.2, 0.25) is 0 Å². The number of fused-ring (bicyclic) bond motifs is 1. The first-order chi connectivity index (χ1) is 21.0. The summed E-state index contributed by atoms with van der Waals surface area (Å²) in [5.41, 5.74) is 0.814. The van der Waals surface area contributed by atoms with Gasteiger partial charge in [-0.15, -0.1) is 0 Å². The summed E-state index contributed by atoms with van der Waals surface area (Å²) >= 11 is 0. The summed E-state index contributed by atoms with van der Waals surface area (Å²) in [4.78, 5) is 43.0.